The molecule has 0 rings (SSSR count). The Hall–Kier alpha value is -0.580. The van der Waals surface area contributed by atoms with Gasteiger partial charge in [-0.3, -0.25) is 0 Å². The van der Waals surface area contributed by atoms with E-state index in [0.717, 1.165) is 6.26 Å². The average Bonchev–Trinajstić information content (AvgIpc) is 1.83. The van der Waals surface area contributed by atoms with E-state index >= 15 is 0 Å². The predicted octanol–water partition coefficient (Wildman–Crippen LogP) is -0.107. The summed E-state index contributed by atoms with van der Waals surface area (Å²) in [7, 11) is -2.95. The zero-order valence-electron chi connectivity index (χ0n) is 6.53. The molecule has 0 N–H and O–H groups in total. The lowest BCUT2D eigenvalue weighted by Crippen LogP contribution is -2.13. The molecule has 0 saturated carbocycles. The van der Waals surface area contributed by atoms with E-state index in [1.807, 2.05) is 0 Å². The number of sulfone groups is 1. The molecule has 0 bridgehead atoms. The van der Waals surface area contributed by atoms with Gasteiger partial charge in [0.1, 0.15) is 15.9 Å². The smallest absolute Gasteiger partial charge is 0.417 e. The molecular formula is C6H11O4S. The van der Waals surface area contributed by atoms with Gasteiger partial charge >= 0.3 is 6.47 Å². The standard InChI is InChI=1S/C6H11O4S/c1-6(10-5-7)3-4-11(2,8)9/h6H,3-4H2,1-2H3. The van der Waals surface area contributed by atoms with E-state index in [2.05, 4.69) is 4.74 Å². The van der Waals surface area contributed by atoms with Crippen LogP contribution in [0, 0.1) is 0 Å². The van der Waals surface area contributed by atoms with Crippen LogP contribution >= 0.6 is 0 Å². The zero-order valence-corrected chi connectivity index (χ0v) is 7.35. The van der Waals surface area contributed by atoms with Crippen LogP contribution in [-0.2, 0) is 19.4 Å². The lowest BCUT2D eigenvalue weighted by molar-refractivity contribution is 0.191. The van der Waals surface area contributed by atoms with Crippen molar-refractivity contribution in [3.05, 3.63) is 0 Å². The van der Waals surface area contributed by atoms with Crippen LogP contribution in [0.5, 0.6) is 0 Å². The molecular weight excluding hydrogens is 168 g/mol. The van der Waals surface area contributed by atoms with Crippen LogP contribution < -0.4 is 0 Å². The third-order valence-electron chi connectivity index (χ3n) is 1.14. The highest BCUT2D eigenvalue weighted by molar-refractivity contribution is 7.90. The summed E-state index contributed by atoms with van der Waals surface area (Å²) in [5, 5.41) is 0. The predicted molar refractivity (Wildman–Crippen MR) is 40.6 cm³/mol. The monoisotopic (exact) mass is 179 g/mol. The summed E-state index contributed by atoms with van der Waals surface area (Å²) in [6.07, 6.45) is 1.10. The second-order valence-electron chi connectivity index (χ2n) is 2.43. The van der Waals surface area contributed by atoms with E-state index in [4.69, 9.17) is 0 Å². The lowest BCUT2D eigenvalue weighted by Gasteiger charge is -2.06. The molecule has 0 saturated heterocycles. The summed E-state index contributed by atoms with van der Waals surface area (Å²) in [5.41, 5.74) is 0. The Kier molecular flexibility index (Phi) is 4.10. The molecule has 0 aliphatic carbocycles. The Balaban J connectivity index is 3.62. The number of carbonyl (C=O) groups excluding carboxylic acids is 1. The molecule has 0 amide bonds. The van der Waals surface area contributed by atoms with Gasteiger partial charge in [-0.25, -0.2) is 13.2 Å². The Morgan fingerprint density at radius 2 is 2.09 bits per heavy atom. The summed E-state index contributed by atoms with van der Waals surface area (Å²) in [6.45, 7) is 2.88. The van der Waals surface area contributed by atoms with Crippen molar-refractivity contribution in [2.24, 2.45) is 0 Å². The van der Waals surface area contributed by atoms with Crippen molar-refractivity contribution < 1.29 is 17.9 Å². The molecule has 0 heterocycles. The number of hydrogen-bond donors (Lipinski definition) is 0. The fourth-order valence-electron chi connectivity index (χ4n) is 0.521. The molecule has 65 valence electrons. The first kappa shape index (κ1) is 10.4. The molecule has 5 heteroatoms. The molecule has 0 aromatic heterocycles. The van der Waals surface area contributed by atoms with E-state index in [1.165, 1.54) is 6.47 Å². The molecule has 4 nitrogen and oxygen atoms in total. The quantitative estimate of drug-likeness (QED) is 0.591. The molecule has 1 radical (unpaired) electrons. The molecule has 1 atom stereocenters. The van der Waals surface area contributed by atoms with E-state index in [0.29, 0.717) is 6.42 Å². The fourth-order valence-corrected chi connectivity index (χ4v) is 1.28. The first-order chi connectivity index (χ1) is 4.95. The van der Waals surface area contributed by atoms with Gasteiger partial charge in [-0.05, 0) is 13.3 Å². The van der Waals surface area contributed by atoms with Gasteiger partial charge in [0.05, 0.1) is 5.75 Å². The van der Waals surface area contributed by atoms with Gasteiger partial charge in [-0.2, -0.15) is 0 Å². The van der Waals surface area contributed by atoms with Gasteiger partial charge in [0.2, 0.25) is 0 Å². The fraction of sp³-hybridized carbons (Fsp3) is 0.833. The van der Waals surface area contributed by atoms with Gasteiger partial charge in [0.15, 0.2) is 0 Å². The van der Waals surface area contributed by atoms with Crippen LogP contribution in [0.1, 0.15) is 13.3 Å². The van der Waals surface area contributed by atoms with Crippen LogP contribution in [0.2, 0.25) is 0 Å². The molecule has 0 aliphatic rings. The summed E-state index contributed by atoms with van der Waals surface area (Å²) in [5.74, 6) is 0.0375. The minimum Gasteiger partial charge on any atom is -0.454 e. The van der Waals surface area contributed by atoms with Crippen LogP contribution in [0.3, 0.4) is 0 Å². The number of hydrogen-bond acceptors (Lipinski definition) is 4. The second-order valence-corrected chi connectivity index (χ2v) is 4.69. The van der Waals surface area contributed by atoms with Crippen LogP contribution in [0.15, 0.2) is 0 Å². The van der Waals surface area contributed by atoms with Gasteiger partial charge in [-0.1, -0.05) is 0 Å². The van der Waals surface area contributed by atoms with Crippen LogP contribution in [0.25, 0.3) is 0 Å². The highest BCUT2D eigenvalue weighted by atomic mass is 32.2. The third-order valence-corrected chi connectivity index (χ3v) is 2.12. The first-order valence-corrected chi connectivity index (χ1v) is 5.22. The van der Waals surface area contributed by atoms with Crippen molar-refractivity contribution in [3.63, 3.8) is 0 Å². The minimum absolute atomic E-state index is 0.0375. The number of ether oxygens (including phenoxy) is 1. The Morgan fingerprint density at radius 3 is 2.45 bits per heavy atom. The molecule has 0 aromatic carbocycles. The van der Waals surface area contributed by atoms with Gasteiger partial charge in [-0.15, -0.1) is 0 Å². The highest BCUT2D eigenvalue weighted by Crippen LogP contribution is 1.98. The number of rotatable bonds is 5. The molecule has 0 spiro atoms. The van der Waals surface area contributed by atoms with Crippen LogP contribution in [0.4, 0.5) is 0 Å². The molecule has 1 unspecified atom stereocenters. The maximum absolute atomic E-state index is 10.6. The summed E-state index contributed by atoms with van der Waals surface area (Å²) in [6, 6.07) is 0. The van der Waals surface area contributed by atoms with Crippen molar-refractivity contribution >= 4 is 16.3 Å². The van der Waals surface area contributed by atoms with Crippen molar-refractivity contribution in [1.82, 2.24) is 0 Å². The van der Waals surface area contributed by atoms with E-state index < -0.39 is 9.84 Å². The van der Waals surface area contributed by atoms with Crippen LogP contribution in [-0.4, -0.2) is 33.0 Å². The largest absolute Gasteiger partial charge is 0.454 e. The van der Waals surface area contributed by atoms with Gasteiger partial charge < -0.3 is 4.74 Å². The zero-order chi connectivity index (χ0) is 8.91. The third kappa shape index (κ3) is 7.32. The molecule has 0 aliphatic heterocycles. The Bertz CT molecular complexity index is 207. The second kappa shape index (κ2) is 4.33. The normalized spacial score (nSPS) is 14.0. The van der Waals surface area contributed by atoms with Crippen molar-refractivity contribution in [3.8, 4) is 0 Å². The maximum Gasteiger partial charge on any atom is 0.417 e. The average molecular weight is 179 g/mol. The topological polar surface area (TPSA) is 60.4 Å². The van der Waals surface area contributed by atoms with Crippen molar-refractivity contribution in [2.75, 3.05) is 12.0 Å². The SMILES string of the molecule is CC(CCS(C)(=O)=O)O[C]=O. The summed E-state index contributed by atoms with van der Waals surface area (Å²) in [4.78, 5) is 9.64. The Labute approximate surface area is 66.5 Å². The lowest BCUT2D eigenvalue weighted by atomic mass is 10.3. The highest BCUT2D eigenvalue weighted by Gasteiger charge is 2.07. The molecule has 11 heavy (non-hydrogen) atoms. The maximum atomic E-state index is 10.6. The molecule has 0 aromatic rings. The summed E-state index contributed by atoms with van der Waals surface area (Å²) < 4.78 is 25.5. The minimum atomic E-state index is -2.95. The Morgan fingerprint density at radius 1 is 1.55 bits per heavy atom. The van der Waals surface area contributed by atoms with E-state index in [-0.39, 0.29) is 11.9 Å². The van der Waals surface area contributed by atoms with Gasteiger partial charge in [0.25, 0.3) is 0 Å². The van der Waals surface area contributed by atoms with E-state index in [9.17, 15) is 13.2 Å². The van der Waals surface area contributed by atoms with Crippen molar-refractivity contribution in [1.29, 1.82) is 0 Å². The van der Waals surface area contributed by atoms with Gasteiger partial charge in [0, 0.05) is 6.26 Å². The molecule has 0 fully saturated rings. The van der Waals surface area contributed by atoms with E-state index in [1.54, 1.807) is 6.92 Å². The van der Waals surface area contributed by atoms with Crippen molar-refractivity contribution in [2.45, 2.75) is 19.4 Å². The first-order valence-electron chi connectivity index (χ1n) is 3.16. The summed E-state index contributed by atoms with van der Waals surface area (Å²) >= 11 is 0.